The summed E-state index contributed by atoms with van der Waals surface area (Å²) < 4.78 is 5.77. The van der Waals surface area contributed by atoms with Crippen molar-refractivity contribution in [1.82, 2.24) is 10.3 Å². The van der Waals surface area contributed by atoms with Gasteiger partial charge in [-0.25, -0.2) is 4.98 Å². The van der Waals surface area contributed by atoms with Crippen molar-refractivity contribution in [3.63, 3.8) is 0 Å². The van der Waals surface area contributed by atoms with Gasteiger partial charge in [-0.1, -0.05) is 24.6 Å². The van der Waals surface area contributed by atoms with Gasteiger partial charge in [0.1, 0.15) is 5.76 Å². The van der Waals surface area contributed by atoms with E-state index in [1.807, 2.05) is 37.3 Å². The van der Waals surface area contributed by atoms with Gasteiger partial charge in [0, 0.05) is 17.6 Å². The molecule has 4 rings (SSSR count). The molecule has 0 radical (unpaired) electrons. The van der Waals surface area contributed by atoms with Gasteiger partial charge in [-0.15, -0.1) is 24.8 Å². The summed E-state index contributed by atoms with van der Waals surface area (Å²) in [6, 6.07) is 10.4. The van der Waals surface area contributed by atoms with Gasteiger partial charge in [-0.05, 0) is 56.6 Å². The second-order valence-electron chi connectivity index (χ2n) is 7.84. The van der Waals surface area contributed by atoms with E-state index in [4.69, 9.17) is 10.2 Å². The number of halogens is 2. The highest BCUT2D eigenvalue weighted by Crippen LogP contribution is 2.39. The Labute approximate surface area is 178 Å². The molecule has 2 saturated carbocycles. The van der Waals surface area contributed by atoms with Crippen molar-refractivity contribution in [2.24, 2.45) is 17.6 Å². The van der Waals surface area contributed by atoms with Crippen LogP contribution in [0.1, 0.15) is 43.6 Å². The minimum Gasteiger partial charge on any atom is -0.441 e. The topological polar surface area (TPSA) is 81.2 Å². The number of rotatable bonds is 4. The summed E-state index contributed by atoms with van der Waals surface area (Å²) in [6.07, 6.45) is 5.94. The Hall–Kier alpha value is -1.56. The van der Waals surface area contributed by atoms with Gasteiger partial charge in [0.2, 0.25) is 11.8 Å². The lowest BCUT2D eigenvalue weighted by atomic mass is 9.67. The molecule has 3 N–H and O–H groups in total. The highest BCUT2D eigenvalue weighted by atomic mass is 35.5. The molecule has 2 atom stereocenters. The van der Waals surface area contributed by atoms with Crippen LogP contribution in [0.25, 0.3) is 11.5 Å². The number of aryl methyl sites for hydroxylation is 1. The number of carbonyl (C=O) groups excluding carboxylic acids is 1. The normalized spacial score (nSPS) is 25.9. The van der Waals surface area contributed by atoms with Crippen LogP contribution in [0.5, 0.6) is 0 Å². The average Bonchev–Trinajstić information content (AvgIpc) is 2.97. The molecular formula is C21H29Cl2N3O2. The maximum Gasteiger partial charge on any atom is 0.226 e. The van der Waals surface area contributed by atoms with E-state index in [0.717, 1.165) is 24.1 Å². The molecule has 0 spiro atoms. The molecular weight excluding hydrogens is 397 g/mol. The van der Waals surface area contributed by atoms with Crippen molar-refractivity contribution in [1.29, 1.82) is 0 Å². The first-order chi connectivity index (χ1) is 12.6. The summed E-state index contributed by atoms with van der Waals surface area (Å²) in [5.74, 6) is 2.38. The Kier molecular flexibility index (Phi) is 7.93. The predicted octanol–water partition coefficient (Wildman–Crippen LogP) is 4.06. The molecule has 1 heterocycles. The summed E-state index contributed by atoms with van der Waals surface area (Å²) in [7, 11) is 0. The molecule has 2 unspecified atom stereocenters. The van der Waals surface area contributed by atoms with E-state index >= 15 is 0 Å². The van der Waals surface area contributed by atoms with Crippen molar-refractivity contribution in [3.8, 4) is 11.5 Å². The van der Waals surface area contributed by atoms with Crippen LogP contribution in [0.3, 0.4) is 0 Å². The van der Waals surface area contributed by atoms with Crippen LogP contribution in [-0.2, 0) is 11.2 Å². The Morgan fingerprint density at radius 1 is 1.18 bits per heavy atom. The Morgan fingerprint density at radius 3 is 2.46 bits per heavy atom. The first-order valence-electron chi connectivity index (χ1n) is 9.67. The lowest BCUT2D eigenvalue weighted by Gasteiger charge is -2.45. The van der Waals surface area contributed by atoms with Crippen molar-refractivity contribution in [3.05, 3.63) is 41.8 Å². The number of nitrogens with zero attached hydrogens (tertiary/aromatic N) is 1. The Balaban J connectivity index is 0.00000140. The molecule has 7 heteroatoms. The molecule has 0 saturated heterocycles. The van der Waals surface area contributed by atoms with Crippen molar-refractivity contribution >= 4 is 30.7 Å². The number of carbonyl (C=O) groups is 1. The van der Waals surface area contributed by atoms with Gasteiger partial charge in [0.25, 0.3) is 0 Å². The largest absolute Gasteiger partial charge is 0.441 e. The number of benzene rings is 1. The van der Waals surface area contributed by atoms with Gasteiger partial charge in [-0.2, -0.15) is 0 Å². The molecule has 1 amide bonds. The molecule has 1 aromatic carbocycles. The molecule has 154 valence electrons. The number of hydrogen-bond donors (Lipinski definition) is 2. The molecule has 0 aliphatic heterocycles. The van der Waals surface area contributed by atoms with Gasteiger partial charge >= 0.3 is 0 Å². The summed E-state index contributed by atoms with van der Waals surface area (Å²) in [4.78, 5) is 17.2. The molecule has 5 nitrogen and oxygen atoms in total. The maximum absolute atomic E-state index is 12.7. The zero-order valence-electron chi connectivity index (χ0n) is 16.1. The standard InChI is InChI=1S/C21H27N3O2.2ClH/c1-13-18(23-21(26-13)14-6-3-2-4-7-14)12-19(25)24-20-15-8-5-9-16(20)11-17(22)10-15;;/h2-4,6-7,15-17,20H,5,8-12,22H2,1H3,(H,24,25);2*1H. The first-order valence-corrected chi connectivity index (χ1v) is 9.67. The van der Waals surface area contributed by atoms with Crippen molar-refractivity contribution in [2.75, 3.05) is 0 Å². The third-order valence-corrected chi connectivity index (χ3v) is 5.95. The fourth-order valence-corrected chi connectivity index (χ4v) is 4.71. The van der Waals surface area contributed by atoms with E-state index < -0.39 is 0 Å². The molecule has 28 heavy (non-hydrogen) atoms. The zero-order valence-corrected chi connectivity index (χ0v) is 17.7. The first kappa shape index (κ1) is 22.7. The van der Waals surface area contributed by atoms with E-state index in [-0.39, 0.29) is 43.2 Å². The predicted molar refractivity (Wildman–Crippen MR) is 115 cm³/mol. The van der Waals surface area contributed by atoms with Crippen LogP contribution in [-0.4, -0.2) is 23.0 Å². The van der Waals surface area contributed by atoms with Crippen molar-refractivity contribution in [2.45, 2.75) is 57.5 Å². The number of amides is 1. The van der Waals surface area contributed by atoms with E-state index in [1.165, 1.54) is 19.3 Å². The molecule has 2 aromatic rings. The molecule has 2 bridgehead atoms. The minimum absolute atomic E-state index is 0. The molecule has 2 aliphatic carbocycles. The van der Waals surface area contributed by atoms with Gasteiger partial charge in [0.15, 0.2) is 0 Å². The molecule has 2 fully saturated rings. The summed E-state index contributed by atoms with van der Waals surface area (Å²) in [5.41, 5.74) is 7.83. The number of nitrogens with one attached hydrogen (secondary N) is 1. The van der Waals surface area contributed by atoms with Crippen molar-refractivity contribution < 1.29 is 9.21 Å². The summed E-state index contributed by atoms with van der Waals surface area (Å²) in [5, 5.41) is 3.29. The van der Waals surface area contributed by atoms with Crippen LogP contribution < -0.4 is 11.1 Å². The van der Waals surface area contributed by atoms with Crippen LogP contribution in [0.4, 0.5) is 0 Å². The Morgan fingerprint density at radius 2 is 1.82 bits per heavy atom. The SMILES string of the molecule is Cc1oc(-c2ccccc2)nc1CC(=O)NC1C2CCCC1CC(N)C2.Cl.Cl. The maximum atomic E-state index is 12.7. The Bertz CT molecular complexity index is 767. The molecule has 1 aromatic heterocycles. The average molecular weight is 426 g/mol. The monoisotopic (exact) mass is 425 g/mol. The van der Waals surface area contributed by atoms with Crippen LogP contribution in [0.15, 0.2) is 34.7 Å². The second kappa shape index (κ2) is 9.77. The third kappa shape index (κ3) is 4.88. The minimum atomic E-state index is 0. The van der Waals surface area contributed by atoms with E-state index in [9.17, 15) is 4.79 Å². The van der Waals surface area contributed by atoms with E-state index in [2.05, 4.69) is 10.3 Å². The number of oxazole rings is 1. The van der Waals surface area contributed by atoms with E-state index in [0.29, 0.717) is 29.5 Å². The molecule has 2 aliphatic rings. The number of fused-ring (bicyclic) bond motifs is 2. The number of aromatic nitrogens is 1. The number of nitrogens with two attached hydrogens (primary N) is 1. The second-order valence-corrected chi connectivity index (χ2v) is 7.84. The summed E-state index contributed by atoms with van der Waals surface area (Å²) >= 11 is 0. The van der Waals surface area contributed by atoms with Gasteiger partial charge in [-0.3, -0.25) is 4.79 Å². The van der Waals surface area contributed by atoms with Crippen LogP contribution >= 0.6 is 24.8 Å². The highest BCUT2D eigenvalue weighted by molar-refractivity contribution is 5.85. The third-order valence-electron chi connectivity index (χ3n) is 5.95. The zero-order chi connectivity index (χ0) is 18.1. The quantitative estimate of drug-likeness (QED) is 0.773. The lowest BCUT2D eigenvalue weighted by molar-refractivity contribution is -0.122. The fraction of sp³-hybridized carbons (Fsp3) is 0.524. The highest BCUT2D eigenvalue weighted by Gasteiger charge is 2.39. The number of hydrogen-bond acceptors (Lipinski definition) is 4. The van der Waals surface area contributed by atoms with Crippen LogP contribution in [0.2, 0.25) is 0 Å². The lowest BCUT2D eigenvalue weighted by Crippen LogP contribution is -2.54. The van der Waals surface area contributed by atoms with Gasteiger partial charge in [0.05, 0.1) is 12.1 Å². The summed E-state index contributed by atoms with van der Waals surface area (Å²) in [6.45, 7) is 1.87. The fourth-order valence-electron chi connectivity index (χ4n) is 4.71. The van der Waals surface area contributed by atoms with Gasteiger partial charge < -0.3 is 15.5 Å². The van der Waals surface area contributed by atoms with E-state index in [1.54, 1.807) is 0 Å². The smallest absolute Gasteiger partial charge is 0.226 e. The van der Waals surface area contributed by atoms with Crippen LogP contribution in [0, 0.1) is 18.8 Å².